The average Bonchev–Trinajstić information content (AvgIpc) is 3.00. The van der Waals surface area contributed by atoms with Gasteiger partial charge >= 0.3 is 0 Å². The van der Waals surface area contributed by atoms with Gasteiger partial charge in [0.2, 0.25) is 0 Å². The number of hydrogen-bond acceptors (Lipinski definition) is 3. The number of amides is 2. The molecule has 3 aromatic rings. The molecule has 1 aliphatic heterocycles. The molecule has 174 valence electrons. The molecule has 0 saturated carbocycles. The average molecular weight is 461 g/mol. The maximum absolute atomic E-state index is 14.6. The van der Waals surface area contributed by atoms with E-state index in [0.29, 0.717) is 17.3 Å². The van der Waals surface area contributed by atoms with E-state index in [-0.39, 0.29) is 22.4 Å². The normalized spacial score (nSPS) is 14.3. The van der Waals surface area contributed by atoms with Crippen molar-refractivity contribution in [3.63, 3.8) is 0 Å². The third-order valence-corrected chi connectivity index (χ3v) is 6.05. The molecule has 0 atom stereocenters. The Bertz CT molecular complexity index is 1340. The van der Waals surface area contributed by atoms with E-state index >= 15 is 0 Å². The van der Waals surface area contributed by atoms with Gasteiger partial charge in [0.1, 0.15) is 17.3 Å². The first kappa shape index (κ1) is 23.4. The molecule has 4 rings (SSSR count). The van der Waals surface area contributed by atoms with Crippen LogP contribution in [0.2, 0.25) is 0 Å². The fourth-order valence-electron chi connectivity index (χ4n) is 3.89. The molecule has 0 aliphatic carbocycles. The van der Waals surface area contributed by atoms with Crippen LogP contribution in [0.3, 0.4) is 0 Å². The first-order chi connectivity index (χ1) is 16.0. The molecule has 0 unspecified atom stereocenters. The number of aryl methyl sites for hydroxylation is 2. The fraction of sp³-hybridized carbons (Fsp3) is 0.214. The van der Waals surface area contributed by atoms with E-state index in [4.69, 9.17) is 0 Å². The second kappa shape index (κ2) is 8.52. The Balaban J connectivity index is 1.82. The zero-order valence-corrected chi connectivity index (χ0v) is 19.8. The topological polar surface area (TPSA) is 49.4 Å². The van der Waals surface area contributed by atoms with Crippen molar-refractivity contribution in [2.75, 3.05) is 10.2 Å². The van der Waals surface area contributed by atoms with Gasteiger partial charge in [0.05, 0.1) is 11.3 Å². The Morgan fingerprint density at radius 3 is 2.06 bits per heavy atom. The summed E-state index contributed by atoms with van der Waals surface area (Å²) in [5.41, 5.74) is 4.10. The third kappa shape index (κ3) is 4.23. The first-order valence-electron chi connectivity index (χ1n) is 11.0. The molecule has 0 fully saturated rings. The van der Waals surface area contributed by atoms with Gasteiger partial charge in [-0.2, -0.15) is 0 Å². The molecule has 3 aromatic carbocycles. The Labute approximate surface area is 197 Å². The van der Waals surface area contributed by atoms with Crippen molar-refractivity contribution in [2.24, 2.45) is 0 Å². The lowest BCUT2D eigenvalue weighted by molar-refractivity contribution is -0.120. The van der Waals surface area contributed by atoms with Crippen molar-refractivity contribution in [1.29, 1.82) is 0 Å². The molecular formula is C28H26F2N2O2. The summed E-state index contributed by atoms with van der Waals surface area (Å²) in [6.45, 7) is 10.2. The highest BCUT2D eigenvalue weighted by molar-refractivity contribution is 6.46. The molecule has 0 aromatic heterocycles. The van der Waals surface area contributed by atoms with Gasteiger partial charge in [0.15, 0.2) is 0 Å². The van der Waals surface area contributed by atoms with Crippen LogP contribution in [0.15, 0.2) is 66.4 Å². The lowest BCUT2D eigenvalue weighted by Gasteiger charge is -2.19. The minimum atomic E-state index is -0.989. The lowest BCUT2D eigenvalue weighted by atomic mass is 9.87. The van der Waals surface area contributed by atoms with Crippen LogP contribution >= 0.6 is 0 Å². The zero-order chi connectivity index (χ0) is 24.8. The lowest BCUT2D eigenvalue weighted by Crippen LogP contribution is -2.33. The van der Waals surface area contributed by atoms with Gasteiger partial charge in [-0.25, -0.2) is 13.7 Å². The molecule has 0 saturated heterocycles. The van der Waals surface area contributed by atoms with Crippen LogP contribution in [-0.2, 0) is 15.0 Å². The first-order valence-corrected chi connectivity index (χ1v) is 11.0. The number of hydrogen-bond donors (Lipinski definition) is 1. The summed E-state index contributed by atoms with van der Waals surface area (Å²) in [6.07, 6.45) is 0. The molecule has 34 heavy (non-hydrogen) atoms. The highest BCUT2D eigenvalue weighted by Gasteiger charge is 2.41. The number of carbonyl (C=O) groups is 2. The fourth-order valence-corrected chi connectivity index (χ4v) is 3.89. The van der Waals surface area contributed by atoms with Gasteiger partial charge < -0.3 is 5.32 Å². The second-order valence-corrected chi connectivity index (χ2v) is 9.54. The SMILES string of the molecule is Cc1ccc(C2=C(Nc3ccc(C(C)(C)C)cc3)C(=O)N(c3ccc(F)cc3F)C2=O)cc1C. The van der Waals surface area contributed by atoms with E-state index < -0.39 is 23.4 Å². The molecule has 6 heteroatoms. The molecule has 1 N–H and O–H groups in total. The van der Waals surface area contributed by atoms with E-state index in [2.05, 4.69) is 26.1 Å². The second-order valence-electron chi connectivity index (χ2n) is 9.54. The summed E-state index contributed by atoms with van der Waals surface area (Å²) in [5.74, 6) is -3.16. The van der Waals surface area contributed by atoms with Crippen LogP contribution < -0.4 is 10.2 Å². The Kier molecular flexibility index (Phi) is 5.86. The van der Waals surface area contributed by atoms with Gasteiger partial charge in [0, 0.05) is 11.8 Å². The van der Waals surface area contributed by atoms with E-state index in [1.54, 1.807) is 6.07 Å². The van der Waals surface area contributed by atoms with Crippen LogP contribution in [0.1, 0.15) is 43.0 Å². The van der Waals surface area contributed by atoms with Crippen LogP contribution in [0, 0.1) is 25.5 Å². The van der Waals surface area contributed by atoms with E-state index in [1.165, 1.54) is 0 Å². The molecule has 1 aliphatic rings. The number of nitrogens with zero attached hydrogens (tertiary/aromatic N) is 1. The quantitative estimate of drug-likeness (QED) is 0.467. The predicted octanol–water partition coefficient (Wildman–Crippen LogP) is 6.28. The smallest absolute Gasteiger partial charge is 0.282 e. The molecule has 4 nitrogen and oxygen atoms in total. The molecule has 0 radical (unpaired) electrons. The largest absolute Gasteiger partial charge is 0.350 e. The summed E-state index contributed by atoms with van der Waals surface area (Å²) in [7, 11) is 0. The number of benzene rings is 3. The van der Waals surface area contributed by atoms with Gasteiger partial charge in [-0.05, 0) is 65.8 Å². The Hall–Kier alpha value is -3.80. The molecule has 0 spiro atoms. The third-order valence-electron chi connectivity index (χ3n) is 6.05. The maximum Gasteiger partial charge on any atom is 0.282 e. The van der Waals surface area contributed by atoms with Gasteiger partial charge in [-0.3, -0.25) is 9.59 Å². The van der Waals surface area contributed by atoms with Crippen molar-refractivity contribution in [3.8, 4) is 0 Å². The van der Waals surface area contributed by atoms with Crippen molar-refractivity contribution in [3.05, 3.63) is 100 Å². The standard InChI is InChI=1S/C28H26F2N2O2/c1-16-6-7-18(14-17(16)2)24-25(31-21-11-8-19(9-12-21)28(3,4)5)27(34)32(26(24)33)23-13-10-20(29)15-22(23)30/h6-15,31H,1-5H3. The van der Waals surface area contributed by atoms with Gasteiger partial charge in [-0.1, -0.05) is 51.1 Å². The summed E-state index contributed by atoms with van der Waals surface area (Å²) in [5, 5.41) is 3.08. The molecule has 0 bridgehead atoms. The number of halogens is 2. The van der Waals surface area contributed by atoms with Crippen LogP contribution in [-0.4, -0.2) is 11.8 Å². The van der Waals surface area contributed by atoms with Crippen LogP contribution in [0.5, 0.6) is 0 Å². The summed E-state index contributed by atoms with van der Waals surface area (Å²) in [6, 6.07) is 15.8. The van der Waals surface area contributed by atoms with E-state index in [9.17, 15) is 18.4 Å². The highest BCUT2D eigenvalue weighted by atomic mass is 19.1. The Morgan fingerprint density at radius 2 is 1.47 bits per heavy atom. The Morgan fingerprint density at radius 1 is 0.794 bits per heavy atom. The van der Waals surface area contributed by atoms with E-state index in [1.807, 2.05) is 50.2 Å². The highest BCUT2D eigenvalue weighted by Crippen LogP contribution is 2.36. The summed E-state index contributed by atoms with van der Waals surface area (Å²) >= 11 is 0. The number of carbonyl (C=O) groups excluding carboxylic acids is 2. The van der Waals surface area contributed by atoms with Crippen molar-refractivity contribution >= 4 is 28.8 Å². The van der Waals surface area contributed by atoms with Crippen LogP contribution in [0.4, 0.5) is 20.2 Å². The molecule has 2 amide bonds. The van der Waals surface area contributed by atoms with Crippen LogP contribution in [0.25, 0.3) is 5.57 Å². The zero-order valence-electron chi connectivity index (χ0n) is 19.8. The van der Waals surface area contributed by atoms with Crippen molar-refractivity contribution < 1.29 is 18.4 Å². The summed E-state index contributed by atoms with van der Waals surface area (Å²) in [4.78, 5) is 27.7. The number of rotatable bonds is 4. The monoisotopic (exact) mass is 460 g/mol. The predicted molar refractivity (Wildman–Crippen MR) is 130 cm³/mol. The van der Waals surface area contributed by atoms with Crippen molar-refractivity contribution in [1.82, 2.24) is 0 Å². The number of imide groups is 1. The maximum atomic E-state index is 14.6. The molecule has 1 heterocycles. The minimum Gasteiger partial charge on any atom is -0.350 e. The van der Waals surface area contributed by atoms with Crippen molar-refractivity contribution in [2.45, 2.75) is 40.0 Å². The molecular weight excluding hydrogens is 434 g/mol. The number of anilines is 2. The number of nitrogens with one attached hydrogen (secondary N) is 1. The van der Waals surface area contributed by atoms with E-state index in [0.717, 1.165) is 33.7 Å². The van der Waals surface area contributed by atoms with Gasteiger partial charge in [0.25, 0.3) is 11.8 Å². The van der Waals surface area contributed by atoms with Gasteiger partial charge in [-0.15, -0.1) is 0 Å². The minimum absolute atomic E-state index is 0.0421. The summed E-state index contributed by atoms with van der Waals surface area (Å²) < 4.78 is 28.1.